The number of likely N-dealkylation sites (tertiary alicyclic amines) is 1. The Kier molecular flexibility index (Phi) is 5.80. The third kappa shape index (κ3) is 3.69. The van der Waals surface area contributed by atoms with E-state index in [-0.39, 0.29) is 18.0 Å². The lowest BCUT2D eigenvalue weighted by Gasteiger charge is -2.33. The second kappa shape index (κ2) is 8.07. The van der Waals surface area contributed by atoms with Crippen molar-refractivity contribution >= 4 is 23.3 Å². The summed E-state index contributed by atoms with van der Waals surface area (Å²) in [6.45, 7) is 5.17. The minimum Gasteiger partial charge on any atom is -0.305 e. The Morgan fingerprint density at radius 1 is 0.923 bits per heavy atom. The van der Waals surface area contributed by atoms with E-state index in [1.54, 1.807) is 6.07 Å². The first-order valence-electron chi connectivity index (χ1n) is 9.09. The fourth-order valence-electron chi connectivity index (χ4n) is 4.04. The van der Waals surface area contributed by atoms with E-state index in [0.29, 0.717) is 6.04 Å². The third-order valence-electron chi connectivity index (χ3n) is 5.32. The van der Waals surface area contributed by atoms with E-state index in [0.717, 1.165) is 43.4 Å². The summed E-state index contributed by atoms with van der Waals surface area (Å²) in [4.78, 5) is 15.1. The van der Waals surface area contributed by atoms with Crippen LogP contribution in [0.4, 0.5) is 0 Å². The highest BCUT2D eigenvalue weighted by molar-refractivity contribution is 5.85. The zero-order chi connectivity index (χ0) is 17.2. The molecule has 0 N–H and O–H groups in total. The number of rotatable bonds is 3. The van der Waals surface area contributed by atoms with Crippen molar-refractivity contribution in [3.05, 3.63) is 82.1 Å². The number of halogens is 1. The molecule has 2 heterocycles. The molecule has 1 aliphatic heterocycles. The summed E-state index contributed by atoms with van der Waals surface area (Å²) in [6, 6.07) is 20.9. The fraction of sp³-hybridized carbons (Fsp3) is 0.318. The Hall–Kier alpha value is -2.10. The van der Waals surface area contributed by atoms with E-state index >= 15 is 0 Å². The van der Waals surface area contributed by atoms with Crippen LogP contribution in [0.1, 0.15) is 30.0 Å². The Bertz CT molecular complexity index is 928. The van der Waals surface area contributed by atoms with Gasteiger partial charge in [0.2, 0.25) is 0 Å². The summed E-state index contributed by atoms with van der Waals surface area (Å²) in [6.07, 6.45) is 2.06. The summed E-state index contributed by atoms with van der Waals surface area (Å²) in [5, 5.41) is 1.16. The maximum Gasteiger partial charge on any atom is 0.251 e. The second-order valence-corrected chi connectivity index (χ2v) is 7.05. The van der Waals surface area contributed by atoms with Gasteiger partial charge in [-0.15, -0.1) is 12.4 Å². The number of nitrogens with zero attached hydrogens (tertiary/aromatic N) is 2. The van der Waals surface area contributed by atoms with Gasteiger partial charge in [0.25, 0.3) is 5.56 Å². The smallest absolute Gasteiger partial charge is 0.251 e. The molecule has 4 rings (SSSR count). The summed E-state index contributed by atoms with van der Waals surface area (Å²) in [7, 11) is 0. The highest BCUT2D eigenvalue weighted by atomic mass is 35.5. The summed E-state index contributed by atoms with van der Waals surface area (Å²) >= 11 is 0. The maximum atomic E-state index is 12.6. The van der Waals surface area contributed by atoms with Crippen molar-refractivity contribution in [2.45, 2.75) is 32.4 Å². The second-order valence-electron chi connectivity index (χ2n) is 7.05. The van der Waals surface area contributed by atoms with Crippen LogP contribution in [0.15, 0.2) is 65.5 Å². The fourth-order valence-corrected chi connectivity index (χ4v) is 4.04. The van der Waals surface area contributed by atoms with Gasteiger partial charge in [0, 0.05) is 31.7 Å². The highest BCUT2D eigenvalue weighted by Crippen LogP contribution is 2.27. The van der Waals surface area contributed by atoms with Crippen molar-refractivity contribution in [2.24, 2.45) is 0 Å². The molecule has 26 heavy (non-hydrogen) atoms. The van der Waals surface area contributed by atoms with Crippen LogP contribution in [0.5, 0.6) is 0 Å². The van der Waals surface area contributed by atoms with Gasteiger partial charge in [-0.3, -0.25) is 9.69 Å². The van der Waals surface area contributed by atoms with E-state index in [4.69, 9.17) is 0 Å². The SMILES string of the molecule is Cc1cccc2ccc(=O)n(C3CCN(Cc4ccccc4)CC3)c12.Cl. The highest BCUT2D eigenvalue weighted by Gasteiger charge is 2.23. The van der Waals surface area contributed by atoms with Crippen molar-refractivity contribution in [3.63, 3.8) is 0 Å². The van der Waals surface area contributed by atoms with Crippen LogP contribution in [0.25, 0.3) is 10.9 Å². The average Bonchev–Trinajstić information content (AvgIpc) is 2.64. The quantitative estimate of drug-likeness (QED) is 0.676. The lowest BCUT2D eigenvalue weighted by Crippen LogP contribution is -2.37. The summed E-state index contributed by atoms with van der Waals surface area (Å²) in [5.41, 5.74) is 3.78. The molecule has 2 aromatic carbocycles. The number of para-hydroxylation sites is 1. The lowest BCUT2D eigenvalue weighted by molar-refractivity contribution is 0.180. The molecule has 1 saturated heterocycles. The number of piperidine rings is 1. The number of aromatic nitrogens is 1. The van der Waals surface area contributed by atoms with Crippen LogP contribution < -0.4 is 5.56 Å². The van der Waals surface area contributed by atoms with E-state index in [1.807, 2.05) is 10.6 Å². The molecular weight excluding hydrogens is 344 g/mol. The van der Waals surface area contributed by atoms with Gasteiger partial charge in [0.1, 0.15) is 0 Å². The molecule has 0 spiro atoms. The molecule has 0 atom stereocenters. The first-order chi connectivity index (χ1) is 12.2. The number of aryl methyl sites for hydroxylation is 1. The van der Waals surface area contributed by atoms with Crippen LogP contribution in [0, 0.1) is 6.92 Å². The van der Waals surface area contributed by atoms with Gasteiger partial charge in [-0.05, 0) is 42.3 Å². The molecule has 136 valence electrons. The number of benzene rings is 2. The topological polar surface area (TPSA) is 25.2 Å². The van der Waals surface area contributed by atoms with Crippen molar-refractivity contribution in [1.82, 2.24) is 9.47 Å². The summed E-state index contributed by atoms with van der Waals surface area (Å²) < 4.78 is 2.05. The van der Waals surface area contributed by atoms with E-state index in [9.17, 15) is 4.79 Å². The van der Waals surface area contributed by atoms with Gasteiger partial charge in [-0.25, -0.2) is 0 Å². The molecule has 1 fully saturated rings. The normalized spacial score (nSPS) is 15.7. The summed E-state index contributed by atoms with van der Waals surface area (Å²) in [5.74, 6) is 0. The molecule has 0 aliphatic carbocycles. The largest absolute Gasteiger partial charge is 0.305 e. The van der Waals surface area contributed by atoms with E-state index < -0.39 is 0 Å². The zero-order valence-corrected chi connectivity index (χ0v) is 15.9. The molecule has 0 radical (unpaired) electrons. The molecule has 0 bridgehead atoms. The first kappa shape index (κ1) is 18.7. The zero-order valence-electron chi connectivity index (χ0n) is 15.1. The van der Waals surface area contributed by atoms with Gasteiger partial charge in [-0.1, -0.05) is 48.5 Å². The Morgan fingerprint density at radius 3 is 2.38 bits per heavy atom. The molecule has 0 amide bonds. The van der Waals surface area contributed by atoms with Gasteiger partial charge in [0.15, 0.2) is 0 Å². The molecule has 3 nitrogen and oxygen atoms in total. The molecule has 3 aromatic rings. The van der Waals surface area contributed by atoms with Crippen molar-refractivity contribution in [2.75, 3.05) is 13.1 Å². The monoisotopic (exact) mass is 368 g/mol. The minimum atomic E-state index is 0. The minimum absolute atomic E-state index is 0. The van der Waals surface area contributed by atoms with E-state index in [1.165, 1.54) is 11.1 Å². The molecule has 0 saturated carbocycles. The van der Waals surface area contributed by atoms with Gasteiger partial charge in [0.05, 0.1) is 5.52 Å². The Morgan fingerprint density at radius 2 is 1.65 bits per heavy atom. The number of hydrogen-bond donors (Lipinski definition) is 0. The molecule has 4 heteroatoms. The number of fused-ring (bicyclic) bond motifs is 1. The predicted molar refractivity (Wildman–Crippen MR) is 110 cm³/mol. The van der Waals surface area contributed by atoms with Crippen molar-refractivity contribution in [1.29, 1.82) is 0 Å². The van der Waals surface area contributed by atoms with Crippen LogP contribution in [0.2, 0.25) is 0 Å². The average molecular weight is 369 g/mol. The van der Waals surface area contributed by atoms with Gasteiger partial charge >= 0.3 is 0 Å². The van der Waals surface area contributed by atoms with Crippen LogP contribution in [-0.4, -0.2) is 22.6 Å². The first-order valence-corrected chi connectivity index (χ1v) is 9.09. The number of hydrogen-bond acceptors (Lipinski definition) is 2. The number of pyridine rings is 1. The van der Waals surface area contributed by atoms with Gasteiger partial charge < -0.3 is 4.57 Å². The predicted octanol–water partition coefficient (Wildman–Crippen LogP) is 4.57. The Labute approximate surface area is 160 Å². The van der Waals surface area contributed by atoms with Crippen molar-refractivity contribution in [3.8, 4) is 0 Å². The van der Waals surface area contributed by atoms with Crippen LogP contribution in [-0.2, 0) is 6.54 Å². The van der Waals surface area contributed by atoms with Gasteiger partial charge in [-0.2, -0.15) is 0 Å². The lowest BCUT2D eigenvalue weighted by atomic mass is 10.0. The van der Waals surface area contributed by atoms with Crippen molar-refractivity contribution < 1.29 is 0 Å². The van der Waals surface area contributed by atoms with Crippen LogP contribution >= 0.6 is 12.4 Å². The molecular formula is C22H25ClN2O. The Balaban J connectivity index is 0.00000196. The van der Waals surface area contributed by atoms with E-state index in [2.05, 4.69) is 60.4 Å². The molecule has 0 unspecified atom stereocenters. The third-order valence-corrected chi connectivity index (χ3v) is 5.32. The maximum absolute atomic E-state index is 12.6. The standard InChI is InChI=1S/C22H24N2O.ClH/c1-17-6-5-9-19-10-11-21(25)24(22(17)19)20-12-14-23(15-13-20)16-18-7-3-2-4-8-18;/h2-11,20H,12-16H2,1H3;1H. The van der Waals surface area contributed by atoms with Crippen LogP contribution in [0.3, 0.4) is 0 Å². The molecule has 1 aliphatic rings. The molecule has 1 aromatic heterocycles.